The summed E-state index contributed by atoms with van der Waals surface area (Å²) in [6.45, 7) is 4.13. The average Bonchev–Trinajstić information content (AvgIpc) is 2.83. The lowest BCUT2D eigenvalue weighted by Crippen LogP contribution is -1.81. The number of aromatic nitrogens is 4. The highest BCUT2D eigenvalue weighted by molar-refractivity contribution is 5.82. The molecule has 0 aliphatic rings. The zero-order valence-electron chi connectivity index (χ0n) is 9.70. The van der Waals surface area contributed by atoms with Crippen molar-refractivity contribution in [3.05, 3.63) is 29.3 Å². The van der Waals surface area contributed by atoms with Crippen LogP contribution in [0.2, 0.25) is 0 Å². The van der Waals surface area contributed by atoms with Crippen LogP contribution < -0.4 is 5.73 Å². The first kappa shape index (κ1) is 9.89. The molecular weight excluding hydrogens is 214 g/mol. The summed E-state index contributed by atoms with van der Waals surface area (Å²) >= 11 is 0. The van der Waals surface area contributed by atoms with Gasteiger partial charge < -0.3 is 10.7 Å². The van der Waals surface area contributed by atoms with E-state index in [1.54, 1.807) is 6.07 Å². The first-order valence-electron chi connectivity index (χ1n) is 5.42. The molecule has 3 aromatic rings. The highest BCUT2D eigenvalue weighted by atomic mass is 15.2. The van der Waals surface area contributed by atoms with Crippen molar-refractivity contribution in [1.29, 1.82) is 0 Å². The lowest BCUT2D eigenvalue weighted by atomic mass is 10.1. The van der Waals surface area contributed by atoms with Crippen molar-refractivity contribution < 1.29 is 0 Å². The molecule has 4 N–H and O–H groups in total. The van der Waals surface area contributed by atoms with Crippen molar-refractivity contribution in [2.45, 2.75) is 13.8 Å². The minimum absolute atomic E-state index is 0.466. The zero-order chi connectivity index (χ0) is 12.0. The second-order valence-corrected chi connectivity index (χ2v) is 4.27. The number of benzene rings is 1. The maximum Gasteiger partial charge on any atom is 0.156 e. The van der Waals surface area contributed by atoms with Gasteiger partial charge in [0.1, 0.15) is 11.5 Å². The SMILES string of the molecule is Cc1cc(C)c2nc(-c3cc(N)n[nH]3)[nH]c2c1. The van der Waals surface area contributed by atoms with Gasteiger partial charge in [0, 0.05) is 6.07 Å². The third-order valence-electron chi connectivity index (χ3n) is 2.77. The number of nitrogens with two attached hydrogens (primary N) is 1. The maximum absolute atomic E-state index is 5.58. The number of aryl methyl sites for hydroxylation is 2. The molecule has 0 unspecified atom stereocenters. The normalized spacial score (nSPS) is 11.2. The van der Waals surface area contributed by atoms with Crippen LogP contribution in [0.3, 0.4) is 0 Å². The number of nitrogens with one attached hydrogen (secondary N) is 2. The molecule has 3 rings (SSSR count). The van der Waals surface area contributed by atoms with Gasteiger partial charge in [-0.25, -0.2) is 4.98 Å². The standard InChI is InChI=1S/C12H13N5/c1-6-3-7(2)11-8(4-6)14-12(15-11)9-5-10(13)17-16-9/h3-5H,1-2H3,(H,14,15)(H3,13,16,17). The summed E-state index contributed by atoms with van der Waals surface area (Å²) in [5.41, 5.74) is 10.8. The predicted molar refractivity (Wildman–Crippen MR) is 67.6 cm³/mol. The highest BCUT2D eigenvalue weighted by Crippen LogP contribution is 2.23. The van der Waals surface area contributed by atoms with Crippen LogP contribution in [0.4, 0.5) is 5.82 Å². The van der Waals surface area contributed by atoms with Crippen molar-refractivity contribution in [2.75, 3.05) is 5.73 Å². The zero-order valence-corrected chi connectivity index (χ0v) is 9.70. The molecule has 0 radical (unpaired) electrons. The summed E-state index contributed by atoms with van der Waals surface area (Å²) < 4.78 is 0. The van der Waals surface area contributed by atoms with E-state index in [0.29, 0.717) is 5.82 Å². The Labute approximate surface area is 98.1 Å². The minimum atomic E-state index is 0.466. The van der Waals surface area contributed by atoms with Crippen molar-refractivity contribution in [3.8, 4) is 11.5 Å². The van der Waals surface area contributed by atoms with Crippen LogP contribution in [0, 0.1) is 13.8 Å². The van der Waals surface area contributed by atoms with Crippen LogP contribution in [-0.4, -0.2) is 20.2 Å². The molecule has 0 atom stereocenters. The summed E-state index contributed by atoms with van der Waals surface area (Å²) in [5, 5.41) is 6.74. The lowest BCUT2D eigenvalue weighted by molar-refractivity contribution is 1.09. The van der Waals surface area contributed by atoms with E-state index in [1.807, 2.05) is 0 Å². The van der Waals surface area contributed by atoms with Crippen LogP contribution in [0.25, 0.3) is 22.6 Å². The number of anilines is 1. The quantitative estimate of drug-likeness (QED) is 0.595. The van der Waals surface area contributed by atoms with E-state index in [-0.39, 0.29) is 0 Å². The maximum atomic E-state index is 5.58. The van der Waals surface area contributed by atoms with Gasteiger partial charge >= 0.3 is 0 Å². The van der Waals surface area contributed by atoms with Crippen LogP contribution in [0.1, 0.15) is 11.1 Å². The van der Waals surface area contributed by atoms with Crippen molar-refractivity contribution >= 4 is 16.9 Å². The number of H-pyrrole nitrogens is 2. The van der Waals surface area contributed by atoms with E-state index in [1.165, 1.54) is 5.56 Å². The van der Waals surface area contributed by atoms with Gasteiger partial charge in [-0.15, -0.1) is 0 Å². The predicted octanol–water partition coefficient (Wildman–Crippen LogP) is 2.15. The van der Waals surface area contributed by atoms with Crippen LogP contribution in [-0.2, 0) is 0 Å². The molecule has 0 fully saturated rings. The van der Waals surface area contributed by atoms with Gasteiger partial charge in [0.2, 0.25) is 0 Å². The second kappa shape index (κ2) is 3.35. The summed E-state index contributed by atoms with van der Waals surface area (Å²) in [6.07, 6.45) is 0. The molecule has 5 heteroatoms. The number of imidazole rings is 1. The number of rotatable bonds is 1. The van der Waals surface area contributed by atoms with Gasteiger partial charge in [0.15, 0.2) is 5.82 Å². The van der Waals surface area contributed by atoms with E-state index >= 15 is 0 Å². The Bertz CT molecular complexity index is 692. The number of aromatic amines is 2. The van der Waals surface area contributed by atoms with Crippen molar-refractivity contribution in [1.82, 2.24) is 20.2 Å². The van der Waals surface area contributed by atoms with E-state index in [2.05, 4.69) is 46.1 Å². The topological polar surface area (TPSA) is 83.4 Å². The number of nitrogen functional groups attached to an aromatic ring is 1. The lowest BCUT2D eigenvalue weighted by Gasteiger charge is -1.96. The minimum Gasteiger partial charge on any atom is -0.382 e. The Balaban J connectivity index is 2.23. The molecule has 2 heterocycles. The number of fused-ring (bicyclic) bond motifs is 1. The molecule has 0 saturated carbocycles. The molecule has 5 nitrogen and oxygen atoms in total. The molecule has 0 spiro atoms. The van der Waals surface area contributed by atoms with Gasteiger partial charge in [-0.3, -0.25) is 5.10 Å². The fourth-order valence-electron chi connectivity index (χ4n) is 2.06. The van der Waals surface area contributed by atoms with Gasteiger partial charge in [0.05, 0.1) is 11.0 Å². The third kappa shape index (κ3) is 1.56. The van der Waals surface area contributed by atoms with Crippen LogP contribution in [0.5, 0.6) is 0 Å². The molecule has 0 aliphatic heterocycles. The molecule has 1 aromatic carbocycles. The number of hydrogen-bond acceptors (Lipinski definition) is 3. The van der Waals surface area contributed by atoms with Gasteiger partial charge in [-0.2, -0.15) is 5.10 Å². The Hall–Kier alpha value is -2.30. The van der Waals surface area contributed by atoms with E-state index < -0.39 is 0 Å². The molecule has 0 aliphatic carbocycles. The monoisotopic (exact) mass is 227 g/mol. The fourth-order valence-corrected chi connectivity index (χ4v) is 2.06. The van der Waals surface area contributed by atoms with E-state index in [4.69, 9.17) is 5.73 Å². The molecule has 17 heavy (non-hydrogen) atoms. The molecular formula is C12H13N5. The van der Waals surface area contributed by atoms with E-state index in [9.17, 15) is 0 Å². The summed E-state index contributed by atoms with van der Waals surface area (Å²) in [4.78, 5) is 7.82. The Morgan fingerprint density at radius 2 is 2.00 bits per heavy atom. The van der Waals surface area contributed by atoms with Gasteiger partial charge in [-0.1, -0.05) is 6.07 Å². The largest absolute Gasteiger partial charge is 0.382 e. The second-order valence-electron chi connectivity index (χ2n) is 4.27. The molecule has 86 valence electrons. The smallest absolute Gasteiger partial charge is 0.156 e. The van der Waals surface area contributed by atoms with Crippen LogP contribution in [0.15, 0.2) is 18.2 Å². The summed E-state index contributed by atoms with van der Waals surface area (Å²) in [5.74, 6) is 1.23. The highest BCUT2D eigenvalue weighted by Gasteiger charge is 2.09. The Morgan fingerprint density at radius 1 is 1.18 bits per heavy atom. The van der Waals surface area contributed by atoms with Gasteiger partial charge in [0.25, 0.3) is 0 Å². The first-order valence-corrected chi connectivity index (χ1v) is 5.42. The van der Waals surface area contributed by atoms with Crippen molar-refractivity contribution in [3.63, 3.8) is 0 Å². The molecule has 0 bridgehead atoms. The fraction of sp³-hybridized carbons (Fsp3) is 0.167. The molecule has 0 amide bonds. The third-order valence-corrected chi connectivity index (χ3v) is 2.77. The summed E-state index contributed by atoms with van der Waals surface area (Å²) in [7, 11) is 0. The Morgan fingerprint density at radius 3 is 2.71 bits per heavy atom. The average molecular weight is 227 g/mol. The van der Waals surface area contributed by atoms with E-state index in [0.717, 1.165) is 28.1 Å². The molecule has 0 saturated heterocycles. The van der Waals surface area contributed by atoms with Crippen LogP contribution >= 0.6 is 0 Å². The van der Waals surface area contributed by atoms with Crippen molar-refractivity contribution in [2.24, 2.45) is 0 Å². The van der Waals surface area contributed by atoms with Gasteiger partial charge in [-0.05, 0) is 31.0 Å². The number of nitrogens with zero attached hydrogens (tertiary/aromatic N) is 2. The molecule has 2 aromatic heterocycles. The summed E-state index contributed by atoms with van der Waals surface area (Å²) in [6, 6.07) is 5.97. The first-order chi connectivity index (χ1) is 8.13. The number of hydrogen-bond donors (Lipinski definition) is 3. The Kier molecular flexibility index (Phi) is 1.95.